The summed E-state index contributed by atoms with van der Waals surface area (Å²) in [4.78, 5) is 17.4. The summed E-state index contributed by atoms with van der Waals surface area (Å²) in [5.74, 6) is 1.18. The lowest BCUT2D eigenvalue weighted by atomic mass is 9.72. The number of nitrogens with zero attached hydrogens (tertiary/aromatic N) is 1. The highest BCUT2D eigenvalue weighted by Crippen LogP contribution is 2.41. The second-order valence-electron chi connectivity index (χ2n) is 8.04. The maximum Gasteiger partial charge on any atom is 0.227 e. The normalized spacial score (nSPS) is 20.3. The lowest BCUT2D eigenvalue weighted by molar-refractivity contribution is -0.122. The molecule has 1 saturated carbocycles. The number of para-hydroxylation sites is 1. The molecular weight excluding hydrogens is 380 g/mol. The molecule has 1 heterocycles. The van der Waals surface area contributed by atoms with Crippen molar-refractivity contribution in [1.82, 2.24) is 4.98 Å². The van der Waals surface area contributed by atoms with Gasteiger partial charge in [-0.1, -0.05) is 36.7 Å². The first kappa shape index (κ1) is 19.9. The quantitative estimate of drug-likeness (QED) is 0.504. The van der Waals surface area contributed by atoms with E-state index in [1.54, 1.807) is 0 Å². The highest BCUT2D eigenvalue weighted by Gasteiger charge is 2.32. The number of aromatic nitrogens is 1. The molecule has 0 radical (unpaired) electrons. The number of nitrogens with one attached hydrogen (secondary N) is 1. The Bertz CT molecular complexity index is 972. The van der Waals surface area contributed by atoms with E-state index in [1.165, 1.54) is 10.9 Å². The molecule has 0 bridgehead atoms. The largest absolute Gasteiger partial charge is 0.326 e. The van der Waals surface area contributed by atoms with Crippen molar-refractivity contribution in [2.24, 2.45) is 11.8 Å². The Morgan fingerprint density at radius 2 is 1.79 bits per heavy atom. The maximum absolute atomic E-state index is 12.9. The summed E-state index contributed by atoms with van der Waals surface area (Å²) in [6.45, 7) is 2.12. The van der Waals surface area contributed by atoms with E-state index in [2.05, 4.69) is 41.5 Å². The van der Waals surface area contributed by atoms with Crippen LogP contribution in [0.4, 0.5) is 5.69 Å². The summed E-state index contributed by atoms with van der Waals surface area (Å²) in [6.07, 6.45) is 7.24. The average molecular weight is 407 g/mol. The molecule has 29 heavy (non-hydrogen) atoms. The summed E-state index contributed by atoms with van der Waals surface area (Å²) in [7, 11) is 0. The molecule has 0 unspecified atom stereocenters. The molecule has 1 aliphatic rings. The molecular formula is C25H27ClN2O. The van der Waals surface area contributed by atoms with Gasteiger partial charge in [-0.2, -0.15) is 0 Å². The third-order valence-corrected chi connectivity index (χ3v) is 6.60. The minimum absolute atomic E-state index is 0.0563. The first-order valence-electron chi connectivity index (χ1n) is 10.6. The molecule has 150 valence electrons. The first-order valence-corrected chi connectivity index (χ1v) is 10.9. The number of carbonyl (C=O) groups excluding carboxylic acids is 1. The Kier molecular flexibility index (Phi) is 6.15. The minimum Gasteiger partial charge on any atom is -0.326 e. The van der Waals surface area contributed by atoms with E-state index < -0.39 is 0 Å². The van der Waals surface area contributed by atoms with E-state index >= 15 is 0 Å². The van der Waals surface area contributed by atoms with Crippen LogP contribution in [0.2, 0.25) is 5.02 Å². The van der Waals surface area contributed by atoms with Gasteiger partial charge in [-0.3, -0.25) is 9.78 Å². The van der Waals surface area contributed by atoms with E-state index in [4.69, 9.17) is 11.6 Å². The zero-order chi connectivity index (χ0) is 20.2. The van der Waals surface area contributed by atoms with Crippen LogP contribution in [0.15, 0.2) is 60.8 Å². The molecule has 0 aliphatic heterocycles. The highest BCUT2D eigenvalue weighted by atomic mass is 35.5. The molecule has 4 rings (SSSR count). The van der Waals surface area contributed by atoms with Crippen molar-refractivity contribution in [1.29, 1.82) is 0 Å². The van der Waals surface area contributed by atoms with Gasteiger partial charge in [0.1, 0.15) is 0 Å². The fourth-order valence-electron chi connectivity index (χ4n) is 4.81. The van der Waals surface area contributed by atoms with Crippen molar-refractivity contribution < 1.29 is 4.79 Å². The molecule has 1 aliphatic carbocycles. The molecule has 0 spiro atoms. The number of hydrogen-bond acceptors (Lipinski definition) is 2. The van der Waals surface area contributed by atoms with Crippen LogP contribution in [0.3, 0.4) is 0 Å². The fraction of sp³-hybridized carbons (Fsp3) is 0.360. The molecule has 0 saturated heterocycles. The molecule has 1 amide bonds. The predicted octanol–water partition coefficient (Wildman–Crippen LogP) is 6.83. The lowest BCUT2D eigenvalue weighted by Gasteiger charge is -2.33. The standard InChI is InChI=1S/C25H27ClN2O/c1-2-21(25(29)28-20-13-11-19(26)12-14-20)17-7-9-18(10-8-17)22-15-16-27-24-6-4-3-5-23(22)24/h3-6,11-18,21H,2,7-10H2,1H3,(H,28,29)/t17?,18?,21-/m1/s1. The second-order valence-corrected chi connectivity index (χ2v) is 8.48. The number of fused-ring (bicyclic) bond motifs is 1. The van der Waals surface area contributed by atoms with E-state index in [1.807, 2.05) is 36.5 Å². The third-order valence-electron chi connectivity index (χ3n) is 6.35. The van der Waals surface area contributed by atoms with Crippen molar-refractivity contribution in [2.45, 2.75) is 44.9 Å². The van der Waals surface area contributed by atoms with Crippen molar-refractivity contribution in [2.75, 3.05) is 5.32 Å². The molecule has 3 nitrogen and oxygen atoms in total. The Balaban J connectivity index is 1.42. The van der Waals surface area contributed by atoms with Crippen LogP contribution >= 0.6 is 11.6 Å². The van der Waals surface area contributed by atoms with E-state index in [-0.39, 0.29) is 11.8 Å². The Morgan fingerprint density at radius 3 is 2.52 bits per heavy atom. The van der Waals surface area contributed by atoms with Gasteiger partial charge in [-0.25, -0.2) is 0 Å². The fourth-order valence-corrected chi connectivity index (χ4v) is 4.93. The zero-order valence-corrected chi connectivity index (χ0v) is 17.5. The number of rotatable bonds is 5. The van der Waals surface area contributed by atoms with Gasteiger partial charge in [0.05, 0.1) is 5.52 Å². The Hall–Kier alpha value is -2.39. The molecule has 1 fully saturated rings. The van der Waals surface area contributed by atoms with Gasteiger partial charge < -0.3 is 5.32 Å². The molecule has 2 aromatic carbocycles. The number of pyridine rings is 1. The Morgan fingerprint density at radius 1 is 1.07 bits per heavy atom. The van der Waals surface area contributed by atoms with Gasteiger partial charge in [-0.15, -0.1) is 0 Å². The maximum atomic E-state index is 12.9. The monoisotopic (exact) mass is 406 g/mol. The highest BCUT2D eigenvalue weighted by molar-refractivity contribution is 6.30. The minimum atomic E-state index is 0.0563. The number of hydrogen-bond donors (Lipinski definition) is 1. The Labute approximate surface area is 177 Å². The average Bonchev–Trinajstić information content (AvgIpc) is 2.76. The topological polar surface area (TPSA) is 42.0 Å². The van der Waals surface area contributed by atoms with Crippen LogP contribution in [0.5, 0.6) is 0 Å². The molecule has 1 aromatic heterocycles. The number of amides is 1. The molecule has 4 heteroatoms. The van der Waals surface area contributed by atoms with Crippen molar-refractivity contribution in [3.8, 4) is 0 Å². The van der Waals surface area contributed by atoms with Gasteiger partial charge in [0.15, 0.2) is 0 Å². The van der Waals surface area contributed by atoms with Crippen LogP contribution in [-0.2, 0) is 4.79 Å². The second kappa shape index (κ2) is 8.96. The molecule has 3 aromatic rings. The van der Waals surface area contributed by atoms with Crippen LogP contribution < -0.4 is 5.32 Å². The first-order chi connectivity index (χ1) is 14.2. The van der Waals surface area contributed by atoms with Crippen LogP contribution in [-0.4, -0.2) is 10.9 Å². The van der Waals surface area contributed by atoms with Crippen LogP contribution in [0, 0.1) is 11.8 Å². The number of halogens is 1. The van der Waals surface area contributed by atoms with Gasteiger partial charge >= 0.3 is 0 Å². The smallest absolute Gasteiger partial charge is 0.227 e. The van der Waals surface area contributed by atoms with Crippen molar-refractivity contribution >= 4 is 34.1 Å². The SMILES string of the molecule is CC[C@@H](C(=O)Nc1ccc(Cl)cc1)C1CCC(c2ccnc3ccccc23)CC1. The third kappa shape index (κ3) is 4.45. The summed E-state index contributed by atoms with van der Waals surface area (Å²) in [5.41, 5.74) is 3.29. The van der Waals surface area contributed by atoms with E-state index in [0.717, 1.165) is 43.3 Å². The van der Waals surface area contributed by atoms with Gasteiger partial charge in [0.2, 0.25) is 5.91 Å². The summed E-state index contributed by atoms with van der Waals surface area (Å²) in [5, 5.41) is 5.03. The van der Waals surface area contributed by atoms with Crippen molar-refractivity contribution in [3.63, 3.8) is 0 Å². The van der Waals surface area contributed by atoms with Crippen LogP contribution in [0.1, 0.15) is 50.5 Å². The predicted molar refractivity (Wildman–Crippen MR) is 120 cm³/mol. The van der Waals surface area contributed by atoms with Gasteiger partial charge in [0.25, 0.3) is 0 Å². The van der Waals surface area contributed by atoms with Crippen LogP contribution in [0.25, 0.3) is 10.9 Å². The summed E-state index contributed by atoms with van der Waals surface area (Å²) >= 11 is 5.94. The van der Waals surface area contributed by atoms with E-state index in [9.17, 15) is 4.79 Å². The summed E-state index contributed by atoms with van der Waals surface area (Å²) in [6, 6.07) is 17.9. The van der Waals surface area contributed by atoms with Gasteiger partial charge in [0, 0.05) is 28.2 Å². The molecule has 1 atom stereocenters. The number of anilines is 1. The van der Waals surface area contributed by atoms with Gasteiger partial charge in [-0.05, 0) is 85.9 Å². The zero-order valence-electron chi connectivity index (χ0n) is 16.8. The van der Waals surface area contributed by atoms with E-state index in [0.29, 0.717) is 16.9 Å². The molecule has 1 N–H and O–H groups in total. The number of carbonyl (C=O) groups is 1. The number of benzene rings is 2. The summed E-state index contributed by atoms with van der Waals surface area (Å²) < 4.78 is 0. The lowest BCUT2D eigenvalue weighted by Crippen LogP contribution is -2.31. The van der Waals surface area contributed by atoms with Crippen molar-refractivity contribution in [3.05, 3.63) is 71.4 Å².